The molecule has 0 aromatic rings. The first kappa shape index (κ1) is 7.02. The number of rotatable bonds is 1. The minimum atomic E-state index is -3.34. The zero-order valence-corrected chi connectivity index (χ0v) is 6.25. The van der Waals surface area contributed by atoms with Crippen molar-refractivity contribution in [3.63, 3.8) is 0 Å². The van der Waals surface area contributed by atoms with Gasteiger partial charge < -0.3 is 0 Å². The molecule has 6 heavy (non-hydrogen) atoms. The lowest BCUT2D eigenvalue weighted by Gasteiger charge is -1.83. The Morgan fingerprint density at radius 2 is 2.17 bits per heavy atom. The highest BCUT2D eigenvalue weighted by molar-refractivity contribution is 14.1. The van der Waals surface area contributed by atoms with Crippen LogP contribution in [0.4, 0.5) is 0 Å². The highest BCUT2D eigenvalue weighted by Gasteiger charge is 1.90. The van der Waals surface area contributed by atoms with E-state index in [9.17, 15) is 4.21 Å². The van der Waals surface area contributed by atoms with E-state index in [-0.39, 0.29) is 0 Å². The SMILES string of the molecule is O=S(O)(=S)OI. The summed E-state index contributed by atoms with van der Waals surface area (Å²) >= 11 is 5.10. The van der Waals surface area contributed by atoms with Crippen molar-refractivity contribution in [2.75, 3.05) is 0 Å². The van der Waals surface area contributed by atoms with Gasteiger partial charge in [-0.3, -0.25) is 4.55 Å². The number of hydrogen-bond donors (Lipinski definition) is 1. The van der Waals surface area contributed by atoms with E-state index in [0.29, 0.717) is 0 Å². The minimum absolute atomic E-state index is 1.26. The summed E-state index contributed by atoms with van der Waals surface area (Å²) in [6.07, 6.45) is 0. The van der Waals surface area contributed by atoms with Crippen LogP contribution in [0, 0.1) is 0 Å². The molecule has 0 aromatic heterocycles. The van der Waals surface area contributed by atoms with E-state index >= 15 is 0 Å². The van der Waals surface area contributed by atoms with Gasteiger partial charge in [-0.1, -0.05) is 0 Å². The first-order valence-corrected chi connectivity index (χ1v) is 4.08. The maximum Gasteiger partial charge on any atom is 0.275 e. The summed E-state index contributed by atoms with van der Waals surface area (Å²) in [5, 5.41) is 0. The van der Waals surface area contributed by atoms with Gasteiger partial charge in [-0.2, -0.15) is 6.72 Å². The number of halogens is 1. The van der Waals surface area contributed by atoms with Gasteiger partial charge in [0.05, 0.1) is 0 Å². The summed E-state index contributed by atoms with van der Waals surface area (Å²) in [5.41, 5.74) is 0. The van der Waals surface area contributed by atoms with Crippen molar-refractivity contribution >= 4 is 43.2 Å². The van der Waals surface area contributed by atoms with Crippen LogP contribution in [0.15, 0.2) is 0 Å². The number of hydrogen-bond acceptors (Lipinski definition) is 3. The highest BCUT2D eigenvalue weighted by Crippen LogP contribution is 1.92. The smallest absolute Gasteiger partial charge is 0.275 e. The molecule has 0 aromatic carbocycles. The Morgan fingerprint density at radius 3 is 2.17 bits per heavy atom. The molecule has 0 bridgehead atoms. The Balaban J connectivity index is 3.85. The van der Waals surface area contributed by atoms with Gasteiger partial charge in [0.1, 0.15) is 23.0 Å². The zero-order valence-electron chi connectivity index (χ0n) is 2.46. The summed E-state index contributed by atoms with van der Waals surface area (Å²) in [6, 6.07) is 0. The molecule has 0 radical (unpaired) electrons. The minimum Gasteiger partial charge on any atom is -0.284 e. The van der Waals surface area contributed by atoms with Crippen LogP contribution in [-0.2, 0) is 22.8 Å². The maximum absolute atomic E-state index is 9.70. The molecule has 0 fully saturated rings. The third kappa shape index (κ3) is 5.02. The molecule has 6 heteroatoms. The van der Waals surface area contributed by atoms with Gasteiger partial charge in [0, 0.05) is 11.2 Å². The van der Waals surface area contributed by atoms with Gasteiger partial charge in [0.25, 0.3) is 9.05 Å². The predicted octanol–water partition coefficient (Wildman–Crippen LogP) is 0.487. The van der Waals surface area contributed by atoms with Crippen LogP contribution >= 0.6 is 23.0 Å². The molecular weight excluding hydrogens is 239 g/mol. The third-order valence-corrected chi connectivity index (χ3v) is 2.64. The zero-order chi connectivity index (χ0) is 5.21. The van der Waals surface area contributed by atoms with Crippen molar-refractivity contribution in [2.45, 2.75) is 0 Å². The van der Waals surface area contributed by atoms with Gasteiger partial charge in [-0.15, -0.1) is 0 Å². The van der Waals surface area contributed by atoms with Crippen molar-refractivity contribution in [2.24, 2.45) is 0 Å². The second-order valence-electron chi connectivity index (χ2n) is 0.491. The van der Waals surface area contributed by atoms with Crippen molar-refractivity contribution < 1.29 is 11.3 Å². The molecule has 0 spiro atoms. The molecule has 38 valence electrons. The maximum atomic E-state index is 9.70. The first-order valence-electron chi connectivity index (χ1n) is 0.837. The fourth-order valence-corrected chi connectivity index (χ4v) is 0. The van der Waals surface area contributed by atoms with Crippen molar-refractivity contribution in [1.29, 1.82) is 0 Å². The Morgan fingerprint density at radius 1 is 2.00 bits per heavy atom. The van der Waals surface area contributed by atoms with Crippen molar-refractivity contribution in [1.82, 2.24) is 0 Å². The molecule has 0 aliphatic carbocycles. The second-order valence-corrected chi connectivity index (χ2v) is 3.81. The lowest BCUT2D eigenvalue weighted by Crippen LogP contribution is -1.89. The van der Waals surface area contributed by atoms with Crippen LogP contribution < -0.4 is 0 Å². The Kier molecular flexibility index (Phi) is 2.76. The normalized spacial score (nSPS) is 19.7. The van der Waals surface area contributed by atoms with Crippen molar-refractivity contribution in [3.05, 3.63) is 0 Å². The van der Waals surface area contributed by atoms with E-state index in [1.54, 1.807) is 0 Å². The van der Waals surface area contributed by atoms with Crippen LogP contribution in [0.3, 0.4) is 0 Å². The fraction of sp³-hybridized carbons (Fsp3) is 0. The van der Waals surface area contributed by atoms with Gasteiger partial charge in [-0.05, 0) is 0 Å². The van der Waals surface area contributed by atoms with E-state index < -0.39 is 9.05 Å². The van der Waals surface area contributed by atoms with Gasteiger partial charge in [0.2, 0.25) is 0 Å². The molecule has 1 unspecified atom stereocenters. The van der Waals surface area contributed by atoms with E-state index in [2.05, 4.69) is 13.7 Å². The highest BCUT2D eigenvalue weighted by atomic mass is 127. The average molecular weight is 240 g/mol. The topological polar surface area (TPSA) is 46.5 Å². The van der Waals surface area contributed by atoms with Crippen LogP contribution in [0.2, 0.25) is 0 Å². The quantitative estimate of drug-likeness (QED) is 0.677. The van der Waals surface area contributed by atoms with Crippen LogP contribution in [0.1, 0.15) is 0 Å². The monoisotopic (exact) mass is 240 g/mol. The van der Waals surface area contributed by atoms with Crippen LogP contribution in [0.25, 0.3) is 0 Å². The second kappa shape index (κ2) is 2.36. The molecule has 0 rings (SSSR count). The molecule has 0 saturated carbocycles. The molecule has 3 nitrogen and oxygen atoms in total. The standard InChI is InChI=1S/HIO3S2/c1-4-6(2,3)5/h(H,2,3,5). The molecule has 1 N–H and O–H groups in total. The largest absolute Gasteiger partial charge is 0.284 e. The predicted molar refractivity (Wildman–Crippen MR) is 33.2 cm³/mol. The Hall–Kier alpha value is 1.02. The van der Waals surface area contributed by atoms with E-state index in [1.807, 2.05) is 0 Å². The van der Waals surface area contributed by atoms with Crippen molar-refractivity contribution in [3.8, 4) is 0 Å². The first-order chi connectivity index (χ1) is 2.56. The summed E-state index contributed by atoms with van der Waals surface area (Å²) in [4.78, 5) is 0. The van der Waals surface area contributed by atoms with E-state index in [1.165, 1.54) is 23.0 Å². The Labute approximate surface area is 54.5 Å². The Bertz CT molecular complexity index is 111. The summed E-state index contributed by atoms with van der Waals surface area (Å²) < 4.78 is 21.4. The third-order valence-electron chi connectivity index (χ3n) is 0.0796. The van der Waals surface area contributed by atoms with Gasteiger partial charge in [-0.25, -0.2) is 0 Å². The average Bonchev–Trinajstić information content (AvgIpc) is 1.35. The van der Waals surface area contributed by atoms with Gasteiger partial charge in [0.15, 0.2) is 0 Å². The molecule has 0 aliphatic rings. The molecule has 0 heterocycles. The summed E-state index contributed by atoms with van der Waals surface area (Å²) in [7, 11) is -3.34. The van der Waals surface area contributed by atoms with Gasteiger partial charge >= 0.3 is 0 Å². The molecule has 1 atom stereocenters. The van der Waals surface area contributed by atoms with E-state index in [0.717, 1.165) is 0 Å². The fourth-order valence-electron chi connectivity index (χ4n) is 0. The lowest BCUT2D eigenvalue weighted by atomic mass is 15.8. The summed E-state index contributed by atoms with van der Waals surface area (Å²) in [6.45, 7) is 0. The molecular formula is HIO3S2. The summed E-state index contributed by atoms with van der Waals surface area (Å²) in [5.74, 6) is 0. The molecule has 0 amide bonds. The molecule has 0 aliphatic heterocycles. The van der Waals surface area contributed by atoms with Crippen LogP contribution in [-0.4, -0.2) is 8.76 Å². The molecule has 0 saturated heterocycles. The van der Waals surface area contributed by atoms with E-state index in [4.69, 9.17) is 4.55 Å². The van der Waals surface area contributed by atoms with Crippen LogP contribution in [0.5, 0.6) is 0 Å². The lowest BCUT2D eigenvalue weighted by molar-refractivity contribution is 0.499.